The van der Waals surface area contributed by atoms with Crippen LogP contribution in [0, 0.1) is 0 Å². The molecule has 6 heteroatoms. The molecule has 1 heterocycles. The van der Waals surface area contributed by atoms with Crippen molar-refractivity contribution in [1.82, 2.24) is 9.80 Å². The molecular formula is C23H28N2O4. The second kappa shape index (κ2) is 10.1. The molecule has 2 aromatic carbocycles. The summed E-state index contributed by atoms with van der Waals surface area (Å²) in [5.74, 6) is -0.630. The average Bonchev–Trinajstić information content (AvgIpc) is 3.24. The van der Waals surface area contributed by atoms with Gasteiger partial charge in [-0.3, -0.25) is 4.79 Å². The molecule has 3 rings (SSSR count). The first-order chi connectivity index (χ1) is 14.0. The molecule has 1 atom stereocenters. The Hall–Kier alpha value is -2.86. The highest BCUT2D eigenvalue weighted by Crippen LogP contribution is 2.25. The van der Waals surface area contributed by atoms with E-state index in [0.717, 1.165) is 25.2 Å². The van der Waals surface area contributed by atoms with Crippen molar-refractivity contribution in [2.45, 2.75) is 25.3 Å². The third-order valence-corrected chi connectivity index (χ3v) is 5.34. The number of hydrogen-bond donors (Lipinski definition) is 1. The van der Waals surface area contributed by atoms with Crippen molar-refractivity contribution in [3.05, 3.63) is 65.7 Å². The number of likely N-dealkylation sites (tertiary alicyclic amines) is 1. The molecule has 1 saturated heterocycles. The Labute approximate surface area is 171 Å². The third kappa shape index (κ3) is 5.81. The Morgan fingerprint density at radius 3 is 2.41 bits per heavy atom. The number of para-hydroxylation sites is 1. The van der Waals surface area contributed by atoms with Crippen LogP contribution in [0.2, 0.25) is 0 Å². The summed E-state index contributed by atoms with van der Waals surface area (Å²) < 4.78 is 5.35. The van der Waals surface area contributed by atoms with Gasteiger partial charge in [0.15, 0.2) is 6.61 Å². The van der Waals surface area contributed by atoms with E-state index in [2.05, 4.69) is 17.0 Å². The minimum atomic E-state index is -1.04. The summed E-state index contributed by atoms with van der Waals surface area (Å²) in [5.41, 5.74) is 1.81. The second-order valence-corrected chi connectivity index (χ2v) is 7.41. The van der Waals surface area contributed by atoms with E-state index in [1.165, 1.54) is 12.8 Å². The maximum atomic E-state index is 13.1. The van der Waals surface area contributed by atoms with Gasteiger partial charge in [-0.05, 0) is 37.6 Å². The molecule has 1 aliphatic rings. The van der Waals surface area contributed by atoms with Gasteiger partial charge in [0.2, 0.25) is 5.91 Å². The lowest BCUT2D eigenvalue weighted by Gasteiger charge is -2.32. The van der Waals surface area contributed by atoms with Gasteiger partial charge in [0.1, 0.15) is 5.75 Å². The Balaban J connectivity index is 1.74. The normalized spacial score (nSPS) is 15.1. The van der Waals surface area contributed by atoms with E-state index < -0.39 is 12.6 Å². The fourth-order valence-corrected chi connectivity index (χ4v) is 3.73. The van der Waals surface area contributed by atoms with Gasteiger partial charge in [0.05, 0.1) is 12.5 Å². The quantitative estimate of drug-likeness (QED) is 0.706. The maximum absolute atomic E-state index is 13.1. The molecule has 0 bridgehead atoms. The minimum absolute atomic E-state index is 0.0237. The molecule has 154 valence electrons. The number of carboxylic acids is 1. The first-order valence-corrected chi connectivity index (χ1v) is 10.00. The van der Waals surface area contributed by atoms with Crippen LogP contribution in [0.3, 0.4) is 0 Å². The van der Waals surface area contributed by atoms with Crippen LogP contribution < -0.4 is 4.74 Å². The number of carbonyl (C=O) groups is 2. The molecule has 1 amide bonds. The molecule has 1 aliphatic heterocycles. The Morgan fingerprint density at radius 1 is 1.07 bits per heavy atom. The largest absolute Gasteiger partial charge is 0.482 e. The zero-order valence-corrected chi connectivity index (χ0v) is 16.8. The number of amides is 1. The third-order valence-electron chi connectivity index (χ3n) is 5.34. The standard InChI is InChI=1S/C23H28N2O4/c1-24(20(16-25-13-7-8-14-25)18-9-3-2-4-10-18)22(26)15-19-11-5-6-12-21(19)29-17-23(27)28/h2-6,9-12,20H,7-8,13-17H2,1H3,(H,27,28)/t20-/m1/s1. The van der Waals surface area contributed by atoms with E-state index in [-0.39, 0.29) is 18.4 Å². The van der Waals surface area contributed by atoms with Gasteiger partial charge in [-0.2, -0.15) is 0 Å². The lowest BCUT2D eigenvalue weighted by Crippen LogP contribution is -2.39. The summed E-state index contributed by atoms with van der Waals surface area (Å²) in [7, 11) is 1.84. The first kappa shape index (κ1) is 20.9. The van der Waals surface area contributed by atoms with Crippen LogP contribution in [0.1, 0.15) is 30.0 Å². The zero-order valence-electron chi connectivity index (χ0n) is 16.8. The van der Waals surface area contributed by atoms with Gasteiger partial charge in [-0.1, -0.05) is 48.5 Å². The second-order valence-electron chi connectivity index (χ2n) is 7.41. The van der Waals surface area contributed by atoms with Crippen molar-refractivity contribution in [3.63, 3.8) is 0 Å². The molecule has 1 N–H and O–H groups in total. The smallest absolute Gasteiger partial charge is 0.341 e. The van der Waals surface area contributed by atoms with Crippen LogP contribution in [0.5, 0.6) is 5.75 Å². The SMILES string of the molecule is CN(C(=O)Cc1ccccc1OCC(=O)O)[C@H](CN1CCCC1)c1ccccc1. The van der Waals surface area contributed by atoms with E-state index in [0.29, 0.717) is 11.3 Å². The number of likely N-dealkylation sites (N-methyl/N-ethyl adjacent to an activating group) is 1. The summed E-state index contributed by atoms with van der Waals surface area (Å²) in [4.78, 5) is 28.2. The first-order valence-electron chi connectivity index (χ1n) is 10.00. The highest BCUT2D eigenvalue weighted by atomic mass is 16.5. The zero-order chi connectivity index (χ0) is 20.6. The Kier molecular flexibility index (Phi) is 7.25. The van der Waals surface area contributed by atoms with Crippen molar-refractivity contribution in [2.75, 3.05) is 33.3 Å². The van der Waals surface area contributed by atoms with Gasteiger partial charge in [0.25, 0.3) is 0 Å². The number of carbonyl (C=O) groups excluding carboxylic acids is 1. The van der Waals surface area contributed by atoms with E-state index in [1.54, 1.807) is 18.2 Å². The molecule has 2 aromatic rings. The van der Waals surface area contributed by atoms with E-state index in [4.69, 9.17) is 9.84 Å². The lowest BCUT2D eigenvalue weighted by molar-refractivity contribution is -0.139. The van der Waals surface area contributed by atoms with Crippen LogP contribution in [0.15, 0.2) is 54.6 Å². The molecule has 0 aromatic heterocycles. The average molecular weight is 396 g/mol. The summed E-state index contributed by atoms with van der Waals surface area (Å²) in [5, 5.41) is 8.87. The Bertz CT molecular complexity index is 819. The van der Waals surface area contributed by atoms with Gasteiger partial charge in [-0.15, -0.1) is 0 Å². The number of rotatable bonds is 9. The molecular weight excluding hydrogens is 368 g/mol. The molecule has 0 spiro atoms. The van der Waals surface area contributed by atoms with Crippen LogP contribution in [0.4, 0.5) is 0 Å². The highest BCUT2D eigenvalue weighted by molar-refractivity contribution is 5.80. The molecule has 6 nitrogen and oxygen atoms in total. The number of nitrogens with zero attached hydrogens (tertiary/aromatic N) is 2. The number of aliphatic carboxylic acids is 1. The summed E-state index contributed by atoms with van der Waals surface area (Å²) in [6, 6.07) is 17.2. The molecule has 0 aliphatic carbocycles. The van der Waals surface area contributed by atoms with Gasteiger partial charge in [0, 0.05) is 19.2 Å². The molecule has 0 radical (unpaired) electrons. The monoisotopic (exact) mass is 396 g/mol. The van der Waals surface area contributed by atoms with E-state index in [9.17, 15) is 9.59 Å². The summed E-state index contributed by atoms with van der Waals surface area (Å²) >= 11 is 0. The summed E-state index contributed by atoms with van der Waals surface area (Å²) in [6.45, 7) is 2.51. The van der Waals surface area contributed by atoms with Gasteiger partial charge < -0.3 is 19.6 Å². The van der Waals surface area contributed by atoms with Crippen LogP contribution in [-0.4, -0.2) is 60.1 Å². The van der Waals surface area contributed by atoms with E-state index >= 15 is 0 Å². The number of ether oxygens (including phenoxy) is 1. The van der Waals surface area contributed by atoms with Gasteiger partial charge in [-0.25, -0.2) is 4.79 Å². The number of carboxylic acid groups (broad SMARTS) is 1. The molecule has 1 fully saturated rings. The van der Waals surface area contributed by atoms with Crippen molar-refractivity contribution in [3.8, 4) is 5.75 Å². The van der Waals surface area contributed by atoms with Crippen molar-refractivity contribution >= 4 is 11.9 Å². The fraction of sp³-hybridized carbons (Fsp3) is 0.391. The van der Waals surface area contributed by atoms with Crippen molar-refractivity contribution in [2.24, 2.45) is 0 Å². The number of benzene rings is 2. The van der Waals surface area contributed by atoms with Crippen molar-refractivity contribution in [1.29, 1.82) is 0 Å². The molecule has 0 saturated carbocycles. The topological polar surface area (TPSA) is 70.1 Å². The molecule has 29 heavy (non-hydrogen) atoms. The highest BCUT2D eigenvalue weighted by Gasteiger charge is 2.26. The fourth-order valence-electron chi connectivity index (χ4n) is 3.73. The summed E-state index contributed by atoms with van der Waals surface area (Å²) in [6.07, 6.45) is 2.57. The van der Waals surface area contributed by atoms with E-state index in [1.807, 2.05) is 36.2 Å². The Morgan fingerprint density at radius 2 is 1.72 bits per heavy atom. The van der Waals surface area contributed by atoms with Crippen molar-refractivity contribution < 1.29 is 19.4 Å². The van der Waals surface area contributed by atoms with Crippen LogP contribution in [0.25, 0.3) is 0 Å². The minimum Gasteiger partial charge on any atom is -0.482 e. The van der Waals surface area contributed by atoms with Crippen LogP contribution >= 0.6 is 0 Å². The predicted octanol–water partition coefficient (Wildman–Crippen LogP) is 2.99. The lowest BCUT2D eigenvalue weighted by atomic mass is 10.0. The van der Waals surface area contributed by atoms with Crippen LogP contribution in [-0.2, 0) is 16.0 Å². The maximum Gasteiger partial charge on any atom is 0.341 e. The number of hydrogen-bond acceptors (Lipinski definition) is 4. The van der Waals surface area contributed by atoms with Gasteiger partial charge >= 0.3 is 5.97 Å². The predicted molar refractivity (Wildman–Crippen MR) is 111 cm³/mol. The molecule has 0 unspecified atom stereocenters.